The quantitative estimate of drug-likeness (QED) is 0.672. The molecule has 1 rings (SSSR count). The minimum atomic E-state index is -0.215. The Hall–Kier alpha value is -0.260. The molecular formula is C9H18FN3S. The van der Waals surface area contributed by atoms with Gasteiger partial charge in [-0.25, -0.2) is 0 Å². The molecule has 0 spiro atoms. The lowest BCUT2D eigenvalue weighted by atomic mass is 10.3. The van der Waals surface area contributed by atoms with Crippen molar-refractivity contribution in [1.82, 2.24) is 9.80 Å². The summed E-state index contributed by atoms with van der Waals surface area (Å²) in [4.78, 5) is 5.09. The number of hydrogen-bond donors (Lipinski definition) is 1. The van der Waals surface area contributed by atoms with E-state index < -0.39 is 0 Å². The van der Waals surface area contributed by atoms with Gasteiger partial charge in [-0.3, -0.25) is 9.29 Å². The molecule has 0 atom stereocenters. The Morgan fingerprint density at radius 3 is 2.29 bits per heavy atom. The van der Waals surface area contributed by atoms with Gasteiger partial charge in [0.25, 0.3) is 0 Å². The van der Waals surface area contributed by atoms with Crippen molar-refractivity contribution in [3.63, 3.8) is 0 Å². The zero-order chi connectivity index (χ0) is 10.4. The average molecular weight is 219 g/mol. The lowest BCUT2D eigenvalue weighted by Crippen LogP contribution is -2.48. The van der Waals surface area contributed by atoms with Gasteiger partial charge in [0.15, 0.2) is 0 Å². The fourth-order valence-corrected chi connectivity index (χ4v) is 1.86. The largest absolute Gasteiger partial charge is 0.392 e. The Balaban J connectivity index is 2.14. The average Bonchev–Trinajstić information content (AvgIpc) is 2.16. The van der Waals surface area contributed by atoms with E-state index in [0.29, 0.717) is 18.0 Å². The second-order valence-electron chi connectivity index (χ2n) is 3.63. The van der Waals surface area contributed by atoms with E-state index in [1.165, 1.54) is 0 Å². The molecule has 0 bridgehead atoms. The zero-order valence-corrected chi connectivity index (χ0v) is 9.23. The predicted octanol–water partition coefficient (Wildman–Crippen LogP) is 0.250. The lowest BCUT2D eigenvalue weighted by molar-refractivity contribution is 0.142. The Morgan fingerprint density at radius 2 is 1.79 bits per heavy atom. The molecule has 5 heteroatoms. The van der Waals surface area contributed by atoms with Crippen molar-refractivity contribution in [2.45, 2.75) is 6.42 Å². The molecule has 0 aromatic carbocycles. The van der Waals surface area contributed by atoms with Crippen molar-refractivity contribution in [3.05, 3.63) is 0 Å². The van der Waals surface area contributed by atoms with Crippen LogP contribution in [-0.4, -0.2) is 60.7 Å². The molecule has 1 aliphatic rings. The van der Waals surface area contributed by atoms with Crippen LogP contribution in [0.2, 0.25) is 0 Å². The van der Waals surface area contributed by atoms with Gasteiger partial charge in [0.05, 0.1) is 11.7 Å². The summed E-state index contributed by atoms with van der Waals surface area (Å²) in [7, 11) is 0. The molecule has 2 N–H and O–H groups in total. The number of thiocarbonyl (C=S) groups is 1. The van der Waals surface area contributed by atoms with Crippen LogP contribution in [0.3, 0.4) is 0 Å². The molecule has 1 saturated heterocycles. The Morgan fingerprint density at radius 1 is 1.21 bits per heavy atom. The van der Waals surface area contributed by atoms with E-state index in [4.69, 9.17) is 18.0 Å². The fourth-order valence-electron chi connectivity index (χ4n) is 1.67. The van der Waals surface area contributed by atoms with Crippen molar-refractivity contribution >= 4 is 17.2 Å². The normalized spacial score (nSPS) is 19.8. The van der Waals surface area contributed by atoms with Crippen molar-refractivity contribution in [1.29, 1.82) is 0 Å². The Bertz CT molecular complexity index is 181. The van der Waals surface area contributed by atoms with Crippen LogP contribution in [0.15, 0.2) is 0 Å². The third-order valence-corrected chi connectivity index (χ3v) is 2.58. The van der Waals surface area contributed by atoms with Crippen LogP contribution in [0.5, 0.6) is 0 Å². The molecule has 0 saturated carbocycles. The molecular weight excluding hydrogens is 201 g/mol. The van der Waals surface area contributed by atoms with E-state index in [-0.39, 0.29) is 6.67 Å². The van der Waals surface area contributed by atoms with Gasteiger partial charge in [0, 0.05) is 39.3 Å². The number of nitrogens with zero attached hydrogens (tertiary/aromatic N) is 2. The molecule has 14 heavy (non-hydrogen) atoms. The van der Waals surface area contributed by atoms with Crippen LogP contribution in [0, 0.1) is 0 Å². The van der Waals surface area contributed by atoms with E-state index in [2.05, 4.69) is 9.80 Å². The van der Waals surface area contributed by atoms with Crippen LogP contribution in [-0.2, 0) is 0 Å². The molecule has 0 aliphatic carbocycles. The summed E-state index contributed by atoms with van der Waals surface area (Å²) < 4.78 is 11.9. The number of halogens is 1. The maximum absolute atomic E-state index is 11.9. The molecule has 1 fully saturated rings. The van der Waals surface area contributed by atoms with Crippen molar-refractivity contribution in [2.75, 3.05) is 45.9 Å². The summed E-state index contributed by atoms with van der Waals surface area (Å²) in [5, 5.41) is 0. The number of hydrogen-bond acceptors (Lipinski definition) is 3. The number of piperazine rings is 1. The molecule has 0 aromatic rings. The third kappa shape index (κ3) is 4.30. The number of rotatable bonds is 5. The fraction of sp³-hybridized carbons (Fsp3) is 0.889. The molecule has 0 unspecified atom stereocenters. The van der Waals surface area contributed by atoms with Crippen molar-refractivity contribution in [3.8, 4) is 0 Å². The summed E-state index contributed by atoms with van der Waals surface area (Å²) in [5.74, 6) is 0. The second kappa shape index (κ2) is 6.27. The van der Waals surface area contributed by atoms with Crippen LogP contribution in [0.1, 0.15) is 6.42 Å². The summed E-state index contributed by atoms with van der Waals surface area (Å²) in [6.07, 6.45) is 0.648. The molecule has 1 aliphatic heterocycles. The molecule has 0 radical (unpaired) electrons. The summed E-state index contributed by atoms with van der Waals surface area (Å²) >= 11 is 4.85. The van der Waals surface area contributed by atoms with Gasteiger partial charge in [-0.2, -0.15) is 0 Å². The highest BCUT2D eigenvalue weighted by Crippen LogP contribution is 2.02. The van der Waals surface area contributed by atoms with Crippen LogP contribution >= 0.6 is 12.2 Å². The molecule has 0 amide bonds. The van der Waals surface area contributed by atoms with E-state index in [1.807, 2.05) is 0 Å². The minimum Gasteiger partial charge on any atom is -0.392 e. The van der Waals surface area contributed by atoms with Gasteiger partial charge in [0.2, 0.25) is 0 Å². The van der Waals surface area contributed by atoms with E-state index in [0.717, 1.165) is 32.7 Å². The lowest BCUT2D eigenvalue weighted by Gasteiger charge is -2.34. The summed E-state index contributed by atoms with van der Waals surface area (Å²) in [5.41, 5.74) is 5.46. The number of nitrogens with two attached hydrogens (primary N) is 1. The minimum absolute atomic E-state index is 0.215. The smallest absolute Gasteiger partial charge is 0.0906 e. The SMILES string of the molecule is NC(=S)CN1CCN(CCCF)CC1. The van der Waals surface area contributed by atoms with Crippen LogP contribution < -0.4 is 5.73 Å². The van der Waals surface area contributed by atoms with E-state index in [9.17, 15) is 4.39 Å². The van der Waals surface area contributed by atoms with Crippen LogP contribution in [0.25, 0.3) is 0 Å². The maximum Gasteiger partial charge on any atom is 0.0906 e. The summed E-state index contributed by atoms with van der Waals surface area (Å²) in [6.45, 7) is 5.36. The predicted molar refractivity (Wildman–Crippen MR) is 60.3 cm³/mol. The molecule has 3 nitrogen and oxygen atoms in total. The van der Waals surface area contributed by atoms with Crippen molar-refractivity contribution < 1.29 is 4.39 Å². The standard InChI is InChI=1S/C9H18FN3S/c10-2-1-3-12-4-6-13(7-5-12)8-9(11)14/h1-8H2,(H2,11,14). The van der Waals surface area contributed by atoms with Crippen LogP contribution in [0.4, 0.5) is 4.39 Å². The van der Waals surface area contributed by atoms with Crippen molar-refractivity contribution in [2.24, 2.45) is 5.73 Å². The first kappa shape index (κ1) is 11.8. The Kier molecular flexibility index (Phi) is 5.29. The number of alkyl halides is 1. The highest BCUT2D eigenvalue weighted by atomic mass is 32.1. The molecule has 1 heterocycles. The van der Waals surface area contributed by atoms with Gasteiger partial charge >= 0.3 is 0 Å². The Labute approximate surface area is 90.0 Å². The third-order valence-electron chi connectivity index (χ3n) is 2.45. The highest BCUT2D eigenvalue weighted by molar-refractivity contribution is 7.80. The van der Waals surface area contributed by atoms with Gasteiger partial charge in [0.1, 0.15) is 0 Å². The summed E-state index contributed by atoms with van der Waals surface area (Å²) in [6, 6.07) is 0. The first-order chi connectivity index (χ1) is 6.72. The van der Waals surface area contributed by atoms with Gasteiger partial charge < -0.3 is 10.6 Å². The second-order valence-corrected chi connectivity index (χ2v) is 4.15. The van der Waals surface area contributed by atoms with E-state index in [1.54, 1.807) is 0 Å². The maximum atomic E-state index is 11.9. The topological polar surface area (TPSA) is 32.5 Å². The monoisotopic (exact) mass is 219 g/mol. The molecule has 82 valence electrons. The molecule has 0 aromatic heterocycles. The first-order valence-electron chi connectivity index (χ1n) is 5.01. The zero-order valence-electron chi connectivity index (χ0n) is 8.41. The van der Waals surface area contributed by atoms with Gasteiger partial charge in [-0.15, -0.1) is 0 Å². The highest BCUT2D eigenvalue weighted by Gasteiger charge is 2.16. The van der Waals surface area contributed by atoms with E-state index >= 15 is 0 Å². The first-order valence-corrected chi connectivity index (χ1v) is 5.42. The van der Waals surface area contributed by atoms with Gasteiger partial charge in [-0.1, -0.05) is 12.2 Å². The van der Waals surface area contributed by atoms with Gasteiger partial charge in [-0.05, 0) is 6.42 Å².